The first-order valence-electron chi connectivity index (χ1n) is 11.7. The number of hydroxylamine groups is 1. The van der Waals surface area contributed by atoms with E-state index in [1.807, 2.05) is 43.3 Å². The summed E-state index contributed by atoms with van der Waals surface area (Å²) in [5.74, 6) is -1.47. The predicted octanol–water partition coefficient (Wildman–Crippen LogP) is 5.51. The number of anilines is 2. The number of carbonyl (C=O) groups excluding carboxylic acids is 2. The summed E-state index contributed by atoms with van der Waals surface area (Å²) >= 11 is 7.50. The number of hydrogen-bond donors (Lipinski definition) is 0. The molecule has 0 bridgehead atoms. The van der Waals surface area contributed by atoms with Gasteiger partial charge in [0.05, 0.1) is 17.3 Å². The molecule has 3 atom stereocenters. The molecule has 1 aliphatic carbocycles. The zero-order valence-corrected chi connectivity index (χ0v) is 20.6. The van der Waals surface area contributed by atoms with Crippen LogP contribution in [0.1, 0.15) is 46.0 Å². The average molecular weight is 504 g/mol. The van der Waals surface area contributed by atoms with E-state index in [0.717, 1.165) is 47.3 Å². The number of hydrogen-bond acceptors (Lipinski definition) is 6. The van der Waals surface area contributed by atoms with Crippen LogP contribution in [-0.2, 0) is 27.3 Å². The molecule has 2 aromatic carbocycles. The van der Waals surface area contributed by atoms with E-state index in [1.165, 1.54) is 16.2 Å². The number of aryl methyl sites for hydroxylation is 2. The summed E-state index contributed by atoms with van der Waals surface area (Å²) in [5.41, 5.74) is 4.15. The Morgan fingerprint density at radius 2 is 1.74 bits per heavy atom. The van der Waals surface area contributed by atoms with Gasteiger partial charge in [-0.3, -0.25) is 14.4 Å². The number of nitrogens with zero attached hydrogens (tertiary/aromatic N) is 3. The number of thiophene rings is 1. The number of carbonyl (C=O) groups is 2. The van der Waals surface area contributed by atoms with E-state index in [-0.39, 0.29) is 5.91 Å². The Kier molecular flexibility index (Phi) is 5.41. The summed E-state index contributed by atoms with van der Waals surface area (Å²) in [6.45, 7) is 2.00. The predicted molar refractivity (Wildman–Crippen MR) is 134 cm³/mol. The summed E-state index contributed by atoms with van der Waals surface area (Å²) in [7, 11) is 0. The lowest BCUT2D eigenvalue weighted by Gasteiger charge is -2.28. The number of amides is 2. The molecule has 8 heteroatoms. The minimum Gasteiger partial charge on any atom is -0.273 e. The van der Waals surface area contributed by atoms with Crippen molar-refractivity contribution in [2.45, 2.75) is 44.8 Å². The van der Waals surface area contributed by atoms with E-state index in [2.05, 4.69) is 6.07 Å². The first-order valence-corrected chi connectivity index (χ1v) is 12.9. The third-order valence-electron chi connectivity index (χ3n) is 7.08. The van der Waals surface area contributed by atoms with Crippen molar-refractivity contribution in [1.29, 1.82) is 5.26 Å². The van der Waals surface area contributed by atoms with E-state index in [1.54, 1.807) is 17.2 Å². The van der Waals surface area contributed by atoms with Crippen molar-refractivity contribution in [3.05, 3.63) is 80.7 Å². The van der Waals surface area contributed by atoms with Gasteiger partial charge >= 0.3 is 0 Å². The molecule has 6 nitrogen and oxygen atoms in total. The van der Waals surface area contributed by atoms with Crippen molar-refractivity contribution in [2.75, 3.05) is 9.96 Å². The fourth-order valence-corrected chi connectivity index (χ4v) is 6.83. The number of halogens is 1. The van der Waals surface area contributed by atoms with Crippen LogP contribution in [-0.4, -0.2) is 17.9 Å². The standard InChI is InChI=1S/C27H22ClN3O3S/c1-15-6-8-16(9-7-15)23-22-24(34-31(23)18-12-10-17(28)11-13-18)26(33)30(25(22)32)27-20(14-29)19-4-2-3-5-21(19)35-27/h6-13,22-24H,2-5H2,1H3/t22-,23-,24-/m0/s1. The van der Waals surface area contributed by atoms with Gasteiger partial charge in [0, 0.05) is 9.90 Å². The Balaban J connectivity index is 1.44. The zero-order valence-electron chi connectivity index (χ0n) is 19.0. The second-order valence-corrected chi connectivity index (χ2v) is 10.7. The third kappa shape index (κ3) is 3.48. The van der Waals surface area contributed by atoms with Crippen LogP contribution in [0.5, 0.6) is 0 Å². The Bertz CT molecular complexity index is 1380. The zero-order chi connectivity index (χ0) is 24.3. The molecule has 0 N–H and O–H groups in total. The van der Waals surface area contributed by atoms with Crippen molar-refractivity contribution in [1.82, 2.24) is 0 Å². The average Bonchev–Trinajstić information content (AvgIpc) is 3.50. The van der Waals surface area contributed by atoms with Gasteiger partial charge in [0.2, 0.25) is 5.91 Å². The molecule has 3 aromatic rings. The van der Waals surface area contributed by atoms with Gasteiger partial charge < -0.3 is 0 Å². The Hall–Kier alpha value is -3.18. The lowest BCUT2D eigenvalue weighted by Crippen LogP contribution is -2.37. The number of fused-ring (bicyclic) bond motifs is 2. The third-order valence-corrected chi connectivity index (χ3v) is 8.61. The largest absolute Gasteiger partial charge is 0.273 e. The Labute approximate surface area is 212 Å². The van der Waals surface area contributed by atoms with Gasteiger partial charge in [-0.2, -0.15) is 5.26 Å². The minimum atomic E-state index is -0.963. The number of rotatable bonds is 3. The van der Waals surface area contributed by atoms with Gasteiger partial charge in [0.1, 0.15) is 17.0 Å². The van der Waals surface area contributed by atoms with Gasteiger partial charge in [-0.15, -0.1) is 11.3 Å². The number of nitriles is 1. The van der Waals surface area contributed by atoms with Crippen molar-refractivity contribution in [3.63, 3.8) is 0 Å². The lowest BCUT2D eigenvalue weighted by atomic mass is 9.90. The molecule has 0 saturated carbocycles. The van der Waals surface area contributed by atoms with Gasteiger partial charge in [-0.05, 0) is 68.0 Å². The Morgan fingerprint density at radius 1 is 1.03 bits per heavy atom. The van der Waals surface area contributed by atoms with E-state index in [0.29, 0.717) is 21.3 Å². The van der Waals surface area contributed by atoms with Crippen molar-refractivity contribution >= 4 is 45.4 Å². The molecule has 0 radical (unpaired) electrons. The fraction of sp³-hybridized carbons (Fsp3) is 0.296. The summed E-state index contributed by atoms with van der Waals surface area (Å²) in [5, 5.41) is 12.6. The quantitative estimate of drug-likeness (QED) is 0.440. The molecule has 2 fully saturated rings. The highest BCUT2D eigenvalue weighted by molar-refractivity contribution is 7.17. The highest BCUT2D eigenvalue weighted by Gasteiger charge is 2.61. The highest BCUT2D eigenvalue weighted by atomic mass is 35.5. The van der Waals surface area contributed by atoms with Crippen LogP contribution in [0.3, 0.4) is 0 Å². The molecule has 2 saturated heterocycles. The van der Waals surface area contributed by atoms with Gasteiger partial charge in [-0.25, -0.2) is 9.96 Å². The monoisotopic (exact) mass is 503 g/mol. The maximum Gasteiger partial charge on any atom is 0.267 e. The van der Waals surface area contributed by atoms with E-state index < -0.39 is 24.0 Å². The lowest BCUT2D eigenvalue weighted by molar-refractivity contribution is -0.126. The van der Waals surface area contributed by atoms with Crippen molar-refractivity contribution < 1.29 is 14.4 Å². The second-order valence-electron chi connectivity index (χ2n) is 9.22. The molecular weight excluding hydrogens is 482 g/mol. The SMILES string of the molecule is Cc1ccc([C@H]2[C@@H]3C(=O)N(c4sc5c(c4C#N)CCCC5)C(=O)[C@H]3ON2c2ccc(Cl)cc2)cc1. The van der Waals surface area contributed by atoms with Crippen LogP contribution < -0.4 is 9.96 Å². The molecule has 0 unspecified atom stereocenters. The highest BCUT2D eigenvalue weighted by Crippen LogP contribution is 2.50. The first-order chi connectivity index (χ1) is 17.0. The van der Waals surface area contributed by atoms with E-state index in [4.69, 9.17) is 16.4 Å². The van der Waals surface area contributed by atoms with Crippen LogP contribution in [0.4, 0.5) is 10.7 Å². The van der Waals surface area contributed by atoms with Crippen LogP contribution in [0.2, 0.25) is 5.02 Å². The molecule has 3 heterocycles. The molecule has 176 valence electrons. The molecular formula is C27H22ClN3O3S. The van der Waals surface area contributed by atoms with Crippen LogP contribution >= 0.6 is 22.9 Å². The molecule has 0 spiro atoms. The molecule has 1 aromatic heterocycles. The molecule has 3 aliphatic rings. The molecule has 6 rings (SSSR count). The van der Waals surface area contributed by atoms with Crippen molar-refractivity contribution in [3.8, 4) is 6.07 Å². The number of imide groups is 1. The van der Waals surface area contributed by atoms with E-state index in [9.17, 15) is 14.9 Å². The maximum absolute atomic E-state index is 13.9. The summed E-state index contributed by atoms with van der Waals surface area (Å²) in [6, 6.07) is 16.8. The molecule has 2 amide bonds. The number of benzene rings is 2. The smallest absolute Gasteiger partial charge is 0.267 e. The van der Waals surface area contributed by atoms with Crippen LogP contribution in [0.15, 0.2) is 48.5 Å². The Morgan fingerprint density at radius 3 is 2.46 bits per heavy atom. The van der Waals surface area contributed by atoms with Gasteiger partial charge in [-0.1, -0.05) is 41.4 Å². The molecule has 2 aliphatic heterocycles. The summed E-state index contributed by atoms with van der Waals surface area (Å²) in [4.78, 5) is 36.2. The first kappa shape index (κ1) is 22.3. The molecule has 35 heavy (non-hydrogen) atoms. The summed E-state index contributed by atoms with van der Waals surface area (Å²) in [6.07, 6.45) is 2.80. The topological polar surface area (TPSA) is 73.6 Å². The van der Waals surface area contributed by atoms with Gasteiger partial charge in [0.15, 0.2) is 6.10 Å². The maximum atomic E-state index is 13.9. The van der Waals surface area contributed by atoms with Gasteiger partial charge in [0.25, 0.3) is 5.91 Å². The van der Waals surface area contributed by atoms with Crippen molar-refractivity contribution in [2.24, 2.45) is 5.92 Å². The summed E-state index contributed by atoms with van der Waals surface area (Å²) < 4.78 is 0. The van der Waals surface area contributed by atoms with Crippen LogP contribution in [0.25, 0.3) is 0 Å². The second kappa shape index (κ2) is 8.49. The van der Waals surface area contributed by atoms with Crippen LogP contribution in [0, 0.1) is 24.2 Å². The minimum absolute atomic E-state index is 0.322. The van der Waals surface area contributed by atoms with E-state index >= 15 is 0 Å². The normalized spacial score (nSPS) is 23.4. The fourth-order valence-electron chi connectivity index (χ4n) is 5.35.